The summed E-state index contributed by atoms with van der Waals surface area (Å²) >= 11 is 1.05. The standard InChI is InChI=1S/C25H29NO4S/c1-14-15(2)17(4)22-20(16(14)3)10-11-25(5,30-22)13-29-19-8-6-18(7-9-19)12-21-23(27)26-24(28)31-21/h6-9,21H,10-13H2,1-5H3,(H,26,27,28). The number of benzene rings is 2. The number of hydrogen-bond donors (Lipinski definition) is 1. The van der Waals surface area contributed by atoms with E-state index in [9.17, 15) is 9.59 Å². The minimum atomic E-state index is -0.385. The molecule has 0 saturated carbocycles. The van der Waals surface area contributed by atoms with Crippen molar-refractivity contribution in [2.45, 2.75) is 64.7 Å². The lowest BCUT2D eigenvalue weighted by Gasteiger charge is -2.38. The van der Waals surface area contributed by atoms with Crippen LogP contribution >= 0.6 is 11.8 Å². The molecule has 2 aromatic rings. The summed E-state index contributed by atoms with van der Waals surface area (Å²) in [4.78, 5) is 23.1. The normalized spacial score (nSPS) is 22.7. The number of ether oxygens (including phenoxy) is 2. The van der Waals surface area contributed by atoms with Crippen LogP contribution in [-0.4, -0.2) is 28.6 Å². The summed E-state index contributed by atoms with van der Waals surface area (Å²) in [5.41, 5.74) is 7.16. The van der Waals surface area contributed by atoms with Gasteiger partial charge >= 0.3 is 0 Å². The average molecular weight is 440 g/mol. The van der Waals surface area contributed by atoms with Crippen LogP contribution in [0, 0.1) is 27.7 Å². The number of carbonyl (C=O) groups excluding carboxylic acids is 2. The summed E-state index contributed by atoms with van der Waals surface area (Å²) in [6.07, 6.45) is 2.42. The Balaban J connectivity index is 1.41. The molecule has 2 aliphatic heterocycles. The Kier molecular flexibility index (Phi) is 5.77. The lowest BCUT2D eigenvalue weighted by atomic mass is 9.85. The third-order valence-corrected chi connectivity index (χ3v) is 7.64. The fourth-order valence-corrected chi connectivity index (χ4v) is 5.14. The van der Waals surface area contributed by atoms with Crippen LogP contribution in [0.25, 0.3) is 0 Å². The first-order valence-corrected chi connectivity index (χ1v) is 11.6. The Bertz CT molecular complexity index is 1050. The highest BCUT2D eigenvalue weighted by atomic mass is 32.2. The van der Waals surface area contributed by atoms with Gasteiger partial charge in [0.1, 0.15) is 23.7 Å². The fourth-order valence-electron chi connectivity index (χ4n) is 4.28. The van der Waals surface area contributed by atoms with E-state index >= 15 is 0 Å². The van der Waals surface area contributed by atoms with Gasteiger partial charge in [0, 0.05) is 0 Å². The van der Waals surface area contributed by atoms with Crippen molar-refractivity contribution in [3.05, 3.63) is 57.6 Å². The lowest BCUT2D eigenvalue weighted by Crippen LogP contribution is -2.42. The first-order valence-electron chi connectivity index (χ1n) is 10.7. The number of thioether (sulfide) groups is 1. The maximum absolute atomic E-state index is 11.7. The minimum Gasteiger partial charge on any atom is -0.489 e. The van der Waals surface area contributed by atoms with Gasteiger partial charge in [0.2, 0.25) is 5.91 Å². The highest BCUT2D eigenvalue weighted by Crippen LogP contribution is 2.41. The number of hydrogen-bond acceptors (Lipinski definition) is 5. The van der Waals surface area contributed by atoms with E-state index in [1.807, 2.05) is 24.3 Å². The lowest BCUT2D eigenvalue weighted by molar-refractivity contribution is -0.118. The topological polar surface area (TPSA) is 64.6 Å². The van der Waals surface area contributed by atoms with Crippen molar-refractivity contribution in [2.75, 3.05) is 6.61 Å². The van der Waals surface area contributed by atoms with E-state index in [4.69, 9.17) is 9.47 Å². The largest absolute Gasteiger partial charge is 0.489 e. The van der Waals surface area contributed by atoms with Gasteiger partial charge in [0.05, 0.1) is 5.25 Å². The Morgan fingerprint density at radius 2 is 1.74 bits per heavy atom. The fraction of sp³-hybridized carbons (Fsp3) is 0.440. The highest BCUT2D eigenvalue weighted by molar-refractivity contribution is 8.15. The second-order valence-corrected chi connectivity index (χ2v) is 10.1. The van der Waals surface area contributed by atoms with Crippen LogP contribution in [0.1, 0.15) is 46.7 Å². The van der Waals surface area contributed by atoms with Gasteiger partial charge in [-0.1, -0.05) is 23.9 Å². The molecule has 2 heterocycles. The summed E-state index contributed by atoms with van der Waals surface area (Å²) in [6.45, 7) is 11.3. The quantitative estimate of drug-likeness (QED) is 0.712. The molecule has 1 fully saturated rings. The van der Waals surface area contributed by atoms with Crippen molar-refractivity contribution in [3.63, 3.8) is 0 Å². The number of rotatable bonds is 5. The molecule has 1 N–H and O–H groups in total. The van der Waals surface area contributed by atoms with Gasteiger partial charge in [0.15, 0.2) is 0 Å². The summed E-state index contributed by atoms with van der Waals surface area (Å²) in [6, 6.07) is 7.73. The van der Waals surface area contributed by atoms with E-state index in [1.54, 1.807) is 0 Å². The molecule has 31 heavy (non-hydrogen) atoms. The van der Waals surface area contributed by atoms with Gasteiger partial charge in [-0.3, -0.25) is 14.9 Å². The molecule has 1 saturated heterocycles. The van der Waals surface area contributed by atoms with Crippen molar-refractivity contribution in [3.8, 4) is 11.5 Å². The molecule has 0 bridgehead atoms. The second-order valence-electron chi connectivity index (χ2n) is 8.88. The minimum absolute atomic E-state index is 0.214. The van der Waals surface area contributed by atoms with Crippen LogP contribution in [0.3, 0.4) is 0 Å². The molecule has 164 valence electrons. The van der Waals surface area contributed by atoms with E-state index in [2.05, 4.69) is 39.9 Å². The van der Waals surface area contributed by atoms with Crippen molar-refractivity contribution in [2.24, 2.45) is 0 Å². The molecule has 6 heteroatoms. The monoisotopic (exact) mass is 439 g/mol. The van der Waals surface area contributed by atoms with Crippen LogP contribution in [-0.2, 0) is 17.6 Å². The van der Waals surface area contributed by atoms with Gasteiger partial charge in [0.25, 0.3) is 5.24 Å². The molecular formula is C25H29NO4S. The predicted molar refractivity (Wildman–Crippen MR) is 123 cm³/mol. The molecule has 0 radical (unpaired) electrons. The molecule has 2 amide bonds. The van der Waals surface area contributed by atoms with E-state index in [-0.39, 0.29) is 22.0 Å². The van der Waals surface area contributed by atoms with Gasteiger partial charge < -0.3 is 9.47 Å². The van der Waals surface area contributed by atoms with Crippen LogP contribution in [0.15, 0.2) is 24.3 Å². The predicted octanol–water partition coefficient (Wildman–Crippen LogP) is 4.98. The summed E-state index contributed by atoms with van der Waals surface area (Å²) in [5.74, 6) is 1.58. The smallest absolute Gasteiger partial charge is 0.286 e. The van der Waals surface area contributed by atoms with Crippen LogP contribution in [0.2, 0.25) is 0 Å². The first kappa shape index (κ1) is 21.8. The van der Waals surface area contributed by atoms with Gasteiger partial charge in [-0.05, 0) is 99.4 Å². The molecule has 2 atom stereocenters. The van der Waals surface area contributed by atoms with E-state index < -0.39 is 0 Å². The van der Waals surface area contributed by atoms with E-state index in [0.29, 0.717) is 13.0 Å². The van der Waals surface area contributed by atoms with Crippen LogP contribution < -0.4 is 14.8 Å². The summed E-state index contributed by atoms with van der Waals surface area (Å²) in [7, 11) is 0. The maximum Gasteiger partial charge on any atom is 0.286 e. The number of imide groups is 1. The van der Waals surface area contributed by atoms with Crippen LogP contribution in [0.4, 0.5) is 4.79 Å². The van der Waals surface area contributed by atoms with Crippen molar-refractivity contribution < 1.29 is 19.1 Å². The summed E-state index contributed by atoms with van der Waals surface area (Å²) < 4.78 is 12.6. The number of nitrogens with one attached hydrogen (secondary N) is 1. The third kappa shape index (κ3) is 4.31. The Morgan fingerprint density at radius 1 is 1.06 bits per heavy atom. The van der Waals surface area contributed by atoms with Crippen molar-refractivity contribution in [1.82, 2.24) is 5.32 Å². The molecule has 2 unspecified atom stereocenters. The number of fused-ring (bicyclic) bond motifs is 1. The first-order chi connectivity index (χ1) is 14.7. The number of carbonyl (C=O) groups is 2. The summed E-state index contributed by atoms with van der Waals surface area (Å²) in [5, 5.41) is 1.70. The highest BCUT2D eigenvalue weighted by Gasteiger charge is 2.35. The Morgan fingerprint density at radius 3 is 2.39 bits per heavy atom. The molecule has 2 aromatic carbocycles. The van der Waals surface area contributed by atoms with Crippen molar-refractivity contribution >= 4 is 22.9 Å². The molecule has 4 rings (SSSR count). The third-order valence-electron chi connectivity index (χ3n) is 6.66. The van der Waals surface area contributed by atoms with Crippen LogP contribution in [0.5, 0.6) is 11.5 Å². The second kappa shape index (κ2) is 8.23. The van der Waals surface area contributed by atoms with Crippen molar-refractivity contribution in [1.29, 1.82) is 0 Å². The molecule has 0 aromatic heterocycles. The van der Waals surface area contributed by atoms with E-state index in [1.165, 1.54) is 27.8 Å². The average Bonchev–Trinajstić information content (AvgIpc) is 3.06. The molecule has 0 aliphatic carbocycles. The molecule has 2 aliphatic rings. The van der Waals surface area contributed by atoms with Gasteiger partial charge in [-0.25, -0.2) is 0 Å². The SMILES string of the molecule is Cc1c(C)c(C)c2c(c1C)CCC(C)(COc1ccc(CC3SC(=O)NC3=O)cc1)O2. The molecule has 5 nitrogen and oxygen atoms in total. The molecule has 0 spiro atoms. The van der Waals surface area contributed by atoms with Gasteiger partial charge in [-0.2, -0.15) is 0 Å². The number of amides is 2. The van der Waals surface area contributed by atoms with Gasteiger partial charge in [-0.15, -0.1) is 0 Å². The zero-order valence-corrected chi connectivity index (χ0v) is 19.6. The Hall–Kier alpha value is -2.47. The Labute approximate surface area is 187 Å². The zero-order chi connectivity index (χ0) is 22.3. The molecular weight excluding hydrogens is 410 g/mol. The zero-order valence-electron chi connectivity index (χ0n) is 18.8. The van der Waals surface area contributed by atoms with E-state index in [0.717, 1.165) is 41.7 Å². The maximum atomic E-state index is 11.7.